The third-order valence-corrected chi connectivity index (χ3v) is 3.43. The lowest BCUT2D eigenvalue weighted by Crippen LogP contribution is -2.36. The van der Waals surface area contributed by atoms with Crippen LogP contribution < -0.4 is 0 Å². The zero-order chi connectivity index (χ0) is 11.7. The summed E-state index contributed by atoms with van der Waals surface area (Å²) in [5, 5.41) is 10.4. The van der Waals surface area contributed by atoms with E-state index in [1.54, 1.807) is 0 Å². The Morgan fingerprint density at radius 3 is 2.56 bits per heavy atom. The minimum atomic E-state index is -0.859. The number of hydroxylamine groups is 2. The fourth-order valence-electron chi connectivity index (χ4n) is 2.64. The maximum atomic E-state index is 12.0. The Kier molecular flexibility index (Phi) is 3.14. The molecule has 0 radical (unpaired) electrons. The number of amides is 1. The van der Waals surface area contributed by atoms with Crippen molar-refractivity contribution in [1.29, 1.82) is 0 Å². The molecule has 2 aliphatic rings. The third-order valence-electron chi connectivity index (χ3n) is 3.43. The zero-order valence-electron chi connectivity index (χ0n) is 9.39. The molecule has 1 amide bonds. The van der Waals surface area contributed by atoms with E-state index in [4.69, 9.17) is 9.94 Å². The van der Waals surface area contributed by atoms with Crippen LogP contribution in [0.4, 0.5) is 0 Å². The van der Waals surface area contributed by atoms with Crippen LogP contribution in [0.1, 0.15) is 26.2 Å². The molecular formula is C11H17NO4. The van der Waals surface area contributed by atoms with Crippen molar-refractivity contribution in [2.45, 2.75) is 26.2 Å². The van der Waals surface area contributed by atoms with E-state index in [-0.39, 0.29) is 5.91 Å². The van der Waals surface area contributed by atoms with Crippen molar-refractivity contribution in [1.82, 2.24) is 5.06 Å². The Morgan fingerprint density at radius 2 is 2.00 bits per heavy atom. The summed E-state index contributed by atoms with van der Waals surface area (Å²) in [5.74, 6) is -1.63. The molecular weight excluding hydrogens is 210 g/mol. The van der Waals surface area contributed by atoms with Gasteiger partial charge in [-0.15, -0.1) is 0 Å². The minimum Gasteiger partial charge on any atom is -0.481 e. The highest BCUT2D eigenvalue weighted by Gasteiger charge is 2.43. The van der Waals surface area contributed by atoms with E-state index in [9.17, 15) is 9.59 Å². The average Bonchev–Trinajstić information content (AvgIpc) is 2.84. The van der Waals surface area contributed by atoms with Crippen LogP contribution in [-0.2, 0) is 14.4 Å². The van der Waals surface area contributed by atoms with Crippen molar-refractivity contribution in [3.05, 3.63) is 0 Å². The van der Waals surface area contributed by atoms with E-state index < -0.39 is 17.8 Å². The lowest BCUT2D eigenvalue weighted by molar-refractivity contribution is -0.176. The largest absolute Gasteiger partial charge is 0.481 e. The van der Waals surface area contributed by atoms with Gasteiger partial charge in [-0.05, 0) is 25.2 Å². The Bertz CT molecular complexity index is 298. The molecule has 2 rings (SSSR count). The summed E-state index contributed by atoms with van der Waals surface area (Å²) >= 11 is 0. The van der Waals surface area contributed by atoms with E-state index in [0.717, 1.165) is 6.42 Å². The van der Waals surface area contributed by atoms with Crippen LogP contribution in [0, 0.1) is 17.8 Å². The molecule has 0 spiro atoms. The zero-order valence-corrected chi connectivity index (χ0v) is 9.39. The lowest BCUT2D eigenvalue weighted by atomic mass is 9.95. The maximum absolute atomic E-state index is 12.0. The molecule has 0 bridgehead atoms. The van der Waals surface area contributed by atoms with Gasteiger partial charge in [0.05, 0.1) is 25.0 Å². The van der Waals surface area contributed by atoms with E-state index >= 15 is 0 Å². The summed E-state index contributed by atoms with van der Waals surface area (Å²) in [6.45, 7) is 3.15. The highest BCUT2D eigenvalue weighted by atomic mass is 16.7. The highest BCUT2D eigenvalue weighted by Crippen LogP contribution is 2.37. The fraction of sp³-hybridized carbons (Fsp3) is 0.818. The normalized spacial score (nSPS) is 34.3. The van der Waals surface area contributed by atoms with Gasteiger partial charge in [0.2, 0.25) is 5.91 Å². The minimum absolute atomic E-state index is 0.144. The van der Waals surface area contributed by atoms with Crippen LogP contribution >= 0.6 is 0 Å². The van der Waals surface area contributed by atoms with Gasteiger partial charge in [-0.1, -0.05) is 6.92 Å². The van der Waals surface area contributed by atoms with Gasteiger partial charge >= 0.3 is 5.97 Å². The van der Waals surface area contributed by atoms with Crippen molar-refractivity contribution in [3.8, 4) is 0 Å². The monoisotopic (exact) mass is 227 g/mol. The Labute approximate surface area is 94.3 Å². The van der Waals surface area contributed by atoms with Gasteiger partial charge in [-0.25, -0.2) is 5.06 Å². The van der Waals surface area contributed by atoms with E-state index in [1.807, 2.05) is 6.92 Å². The molecule has 3 atom stereocenters. The Hall–Kier alpha value is -1.10. The molecule has 2 fully saturated rings. The summed E-state index contributed by atoms with van der Waals surface area (Å²) in [6, 6.07) is 0. The smallest absolute Gasteiger partial charge is 0.307 e. The van der Waals surface area contributed by atoms with Crippen LogP contribution in [0.15, 0.2) is 0 Å². The molecule has 90 valence electrons. The van der Waals surface area contributed by atoms with Crippen LogP contribution in [-0.4, -0.2) is 35.2 Å². The molecule has 3 unspecified atom stereocenters. The number of aliphatic carboxylic acids is 1. The first kappa shape index (κ1) is 11.4. The third kappa shape index (κ3) is 2.04. The summed E-state index contributed by atoms with van der Waals surface area (Å²) < 4.78 is 0. The van der Waals surface area contributed by atoms with Crippen LogP contribution in [0.25, 0.3) is 0 Å². The molecule has 1 N–H and O–H groups in total. The highest BCUT2D eigenvalue weighted by molar-refractivity contribution is 5.84. The van der Waals surface area contributed by atoms with Gasteiger partial charge in [0.1, 0.15) is 0 Å². The van der Waals surface area contributed by atoms with Gasteiger partial charge in [0, 0.05) is 0 Å². The van der Waals surface area contributed by atoms with Crippen LogP contribution in [0.3, 0.4) is 0 Å². The Balaban J connectivity index is 2.06. The molecule has 5 nitrogen and oxygen atoms in total. The van der Waals surface area contributed by atoms with Gasteiger partial charge in [-0.2, -0.15) is 0 Å². The first-order valence-electron chi connectivity index (χ1n) is 5.76. The quantitative estimate of drug-likeness (QED) is 0.761. The number of rotatable bonds is 2. The van der Waals surface area contributed by atoms with Crippen molar-refractivity contribution in [2.24, 2.45) is 17.8 Å². The molecule has 16 heavy (non-hydrogen) atoms. The Morgan fingerprint density at radius 1 is 1.31 bits per heavy atom. The summed E-state index contributed by atoms with van der Waals surface area (Å²) in [7, 11) is 0. The number of carboxylic acid groups (broad SMARTS) is 1. The van der Waals surface area contributed by atoms with E-state index in [2.05, 4.69) is 0 Å². The molecule has 1 saturated heterocycles. The molecule has 1 aliphatic heterocycles. The van der Waals surface area contributed by atoms with Crippen molar-refractivity contribution < 1.29 is 19.5 Å². The second-order valence-electron chi connectivity index (χ2n) is 4.75. The number of hydrogen-bond acceptors (Lipinski definition) is 3. The first-order chi connectivity index (χ1) is 7.59. The molecule has 0 aromatic heterocycles. The lowest BCUT2D eigenvalue weighted by Gasteiger charge is -2.21. The summed E-state index contributed by atoms with van der Waals surface area (Å²) in [6.07, 6.45) is 2.10. The molecule has 0 aromatic carbocycles. The second-order valence-corrected chi connectivity index (χ2v) is 4.75. The summed E-state index contributed by atoms with van der Waals surface area (Å²) in [4.78, 5) is 28.3. The predicted molar refractivity (Wildman–Crippen MR) is 55.3 cm³/mol. The molecule has 1 saturated carbocycles. The van der Waals surface area contributed by atoms with Crippen LogP contribution in [0.5, 0.6) is 0 Å². The molecule has 0 aromatic rings. The SMILES string of the molecule is CC1CC(C(=O)O)C(C(=O)N2CCCO2)C1. The number of carboxylic acids is 1. The molecule has 5 heteroatoms. The standard InChI is InChI=1S/C11H17NO4/c1-7-5-8(9(6-7)11(14)15)10(13)12-3-2-4-16-12/h7-9H,2-6H2,1H3,(H,14,15). The first-order valence-corrected chi connectivity index (χ1v) is 5.76. The van der Waals surface area contributed by atoms with Crippen molar-refractivity contribution >= 4 is 11.9 Å². The number of carbonyl (C=O) groups is 2. The van der Waals surface area contributed by atoms with E-state index in [0.29, 0.717) is 31.9 Å². The molecule has 1 heterocycles. The number of nitrogens with zero attached hydrogens (tertiary/aromatic N) is 1. The average molecular weight is 227 g/mol. The maximum Gasteiger partial charge on any atom is 0.307 e. The second kappa shape index (κ2) is 4.41. The van der Waals surface area contributed by atoms with Gasteiger partial charge < -0.3 is 5.11 Å². The predicted octanol–water partition coefficient (Wildman–Crippen LogP) is 0.897. The number of hydrogen-bond donors (Lipinski definition) is 1. The molecule has 1 aliphatic carbocycles. The van der Waals surface area contributed by atoms with E-state index in [1.165, 1.54) is 5.06 Å². The fourth-order valence-corrected chi connectivity index (χ4v) is 2.64. The van der Waals surface area contributed by atoms with Gasteiger partial charge in [0.25, 0.3) is 0 Å². The number of carbonyl (C=O) groups excluding carboxylic acids is 1. The van der Waals surface area contributed by atoms with Crippen molar-refractivity contribution in [2.75, 3.05) is 13.2 Å². The van der Waals surface area contributed by atoms with Gasteiger partial charge in [-0.3, -0.25) is 14.4 Å². The topological polar surface area (TPSA) is 66.8 Å². The van der Waals surface area contributed by atoms with Gasteiger partial charge in [0.15, 0.2) is 0 Å². The van der Waals surface area contributed by atoms with Crippen molar-refractivity contribution in [3.63, 3.8) is 0 Å². The van der Waals surface area contributed by atoms with Crippen LogP contribution in [0.2, 0.25) is 0 Å². The summed E-state index contributed by atoms with van der Waals surface area (Å²) in [5.41, 5.74) is 0.